The Kier molecular flexibility index (Phi) is 4.11. The number of pyridine rings is 1. The molecule has 0 aliphatic carbocycles. The summed E-state index contributed by atoms with van der Waals surface area (Å²) in [6.07, 6.45) is 3.07. The number of hydrogen-bond acceptors (Lipinski definition) is 4. The molecule has 0 radical (unpaired) electrons. The summed E-state index contributed by atoms with van der Waals surface area (Å²) in [5, 5.41) is 12.0. The van der Waals surface area contributed by atoms with E-state index in [1.165, 1.54) is 18.3 Å². The minimum absolute atomic E-state index is 0.0843. The first-order valence-electron chi connectivity index (χ1n) is 6.27. The number of hydrogen-bond donors (Lipinski definition) is 2. The largest absolute Gasteiger partial charge is 0.478 e. The molecule has 0 spiro atoms. The van der Waals surface area contributed by atoms with E-state index >= 15 is 0 Å². The van der Waals surface area contributed by atoms with Crippen molar-refractivity contribution in [3.63, 3.8) is 0 Å². The van der Waals surface area contributed by atoms with Gasteiger partial charge in [-0.25, -0.2) is 4.79 Å². The van der Waals surface area contributed by atoms with Gasteiger partial charge in [-0.15, -0.1) is 0 Å². The Morgan fingerprint density at radius 2 is 2.05 bits per heavy atom. The minimum atomic E-state index is -1.04. The molecule has 1 aliphatic rings. The molecule has 1 aromatic rings. The molecule has 2 rings (SSSR count). The molecular weight excluding hydrogens is 246 g/mol. The van der Waals surface area contributed by atoms with E-state index < -0.39 is 5.97 Å². The molecular formula is C13H17N3O3. The number of carbonyl (C=O) groups is 2. The number of carboxylic acids is 1. The number of carbonyl (C=O) groups excluding carboxylic acids is 1. The van der Waals surface area contributed by atoms with Crippen LogP contribution in [0, 0.1) is 0 Å². The van der Waals surface area contributed by atoms with Gasteiger partial charge in [0, 0.05) is 19.3 Å². The van der Waals surface area contributed by atoms with Crippen LogP contribution in [0.4, 0.5) is 0 Å². The summed E-state index contributed by atoms with van der Waals surface area (Å²) in [6, 6.07) is 3.08. The van der Waals surface area contributed by atoms with E-state index in [0.29, 0.717) is 0 Å². The third kappa shape index (κ3) is 3.08. The van der Waals surface area contributed by atoms with Gasteiger partial charge in [0.15, 0.2) is 0 Å². The van der Waals surface area contributed by atoms with Crippen LogP contribution in [0.5, 0.6) is 0 Å². The Morgan fingerprint density at radius 1 is 1.37 bits per heavy atom. The molecule has 1 amide bonds. The molecule has 1 aromatic heterocycles. The molecule has 6 heteroatoms. The summed E-state index contributed by atoms with van der Waals surface area (Å²) in [7, 11) is 1.77. The van der Waals surface area contributed by atoms with Crippen LogP contribution >= 0.6 is 0 Å². The first-order chi connectivity index (χ1) is 9.09. The van der Waals surface area contributed by atoms with Gasteiger partial charge < -0.3 is 15.3 Å². The maximum Gasteiger partial charge on any atom is 0.337 e. The fourth-order valence-electron chi connectivity index (χ4n) is 2.19. The highest BCUT2D eigenvalue weighted by Crippen LogP contribution is 2.13. The van der Waals surface area contributed by atoms with E-state index in [2.05, 4.69) is 10.3 Å². The zero-order valence-electron chi connectivity index (χ0n) is 10.8. The van der Waals surface area contributed by atoms with Gasteiger partial charge in [0.05, 0.1) is 5.56 Å². The van der Waals surface area contributed by atoms with Crippen molar-refractivity contribution in [2.45, 2.75) is 18.9 Å². The zero-order chi connectivity index (χ0) is 13.8. The average molecular weight is 263 g/mol. The molecule has 0 bridgehead atoms. The molecule has 2 N–H and O–H groups in total. The Balaban J connectivity index is 2.07. The van der Waals surface area contributed by atoms with Crippen molar-refractivity contribution in [1.82, 2.24) is 15.2 Å². The molecule has 1 saturated heterocycles. The van der Waals surface area contributed by atoms with Gasteiger partial charge in [-0.1, -0.05) is 0 Å². The Hall–Kier alpha value is -1.95. The van der Waals surface area contributed by atoms with E-state index in [0.717, 1.165) is 25.9 Å². The molecule has 0 aromatic carbocycles. The van der Waals surface area contributed by atoms with Crippen molar-refractivity contribution in [2.75, 3.05) is 20.1 Å². The highest BCUT2D eigenvalue weighted by atomic mass is 16.4. The van der Waals surface area contributed by atoms with Crippen molar-refractivity contribution in [3.8, 4) is 0 Å². The van der Waals surface area contributed by atoms with Crippen LogP contribution in [0.25, 0.3) is 0 Å². The second-order valence-electron chi connectivity index (χ2n) is 4.63. The number of rotatable bonds is 3. The summed E-state index contributed by atoms with van der Waals surface area (Å²) in [5.41, 5.74) is 0.368. The van der Waals surface area contributed by atoms with Gasteiger partial charge in [-0.2, -0.15) is 0 Å². The highest BCUT2D eigenvalue weighted by Gasteiger charge is 2.23. The van der Waals surface area contributed by atoms with Gasteiger partial charge in [-0.05, 0) is 38.1 Å². The molecule has 0 atom stereocenters. The number of nitrogens with one attached hydrogen (secondary N) is 1. The van der Waals surface area contributed by atoms with Gasteiger partial charge in [0.1, 0.15) is 5.69 Å². The number of carboxylic acid groups (broad SMARTS) is 1. The normalized spacial score (nSPS) is 16.1. The minimum Gasteiger partial charge on any atom is -0.478 e. The fraction of sp³-hybridized carbons (Fsp3) is 0.462. The van der Waals surface area contributed by atoms with Crippen LogP contribution in [-0.2, 0) is 0 Å². The van der Waals surface area contributed by atoms with Gasteiger partial charge in [0.25, 0.3) is 5.91 Å². The molecule has 102 valence electrons. The molecule has 19 heavy (non-hydrogen) atoms. The third-order valence-corrected chi connectivity index (χ3v) is 3.41. The summed E-state index contributed by atoms with van der Waals surface area (Å²) in [5.74, 6) is -1.21. The lowest BCUT2D eigenvalue weighted by Crippen LogP contribution is -2.44. The second kappa shape index (κ2) is 5.79. The maximum atomic E-state index is 12.2. The number of aromatic carboxylic acids is 1. The Bertz CT molecular complexity index is 467. The topological polar surface area (TPSA) is 82.5 Å². The van der Waals surface area contributed by atoms with Crippen molar-refractivity contribution < 1.29 is 14.7 Å². The lowest BCUT2D eigenvalue weighted by molar-refractivity contribution is 0.0681. The van der Waals surface area contributed by atoms with Crippen LogP contribution in [0.15, 0.2) is 18.3 Å². The standard InChI is InChI=1S/C13H17N3O3/c1-16(10-4-6-14-7-5-10)12(17)11-3-2-9(8-15-11)13(18)19/h2-3,8,10,14H,4-7H2,1H3,(H,18,19). The summed E-state index contributed by atoms with van der Waals surface area (Å²) in [4.78, 5) is 28.6. The van der Waals surface area contributed by atoms with Crippen LogP contribution in [0.2, 0.25) is 0 Å². The van der Waals surface area contributed by atoms with Crippen molar-refractivity contribution in [2.24, 2.45) is 0 Å². The lowest BCUT2D eigenvalue weighted by Gasteiger charge is -2.31. The monoisotopic (exact) mass is 263 g/mol. The smallest absolute Gasteiger partial charge is 0.337 e. The van der Waals surface area contributed by atoms with E-state index in [-0.39, 0.29) is 23.2 Å². The first kappa shape index (κ1) is 13.5. The lowest BCUT2D eigenvalue weighted by atomic mass is 10.0. The van der Waals surface area contributed by atoms with Gasteiger partial charge in [0.2, 0.25) is 0 Å². The first-order valence-corrected chi connectivity index (χ1v) is 6.27. The maximum absolute atomic E-state index is 12.2. The van der Waals surface area contributed by atoms with Crippen molar-refractivity contribution in [1.29, 1.82) is 0 Å². The predicted octanol–water partition coefficient (Wildman–Crippen LogP) is 0.604. The van der Waals surface area contributed by atoms with Crippen LogP contribution in [0.3, 0.4) is 0 Å². The highest BCUT2D eigenvalue weighted by molar-refractivity contribution is 5.93. The molecule has 1 fully saturated rings. The van der Waals surface area contributed by atoms with E-state index in [1.807, 2.05) is 0 Å². The van der Waals surface area contributed by atoms with Crippen molar-refractivity contribution in [3.05, 3.63) is 29.6 Å². The average Bonchev–Trinajstić information content (AvgIpc) is 2.46. The SMILES string of the molecule is CN(C(=O)c1ccc(C(=O)O)cn1)C1CCNCC1. The van der Waals surface area contributed by atoms with E-state index in [4.69, 9.17) is 5.11 Å². The molecule has 0 unspecified atom stereocenters. The summed E-state index contributed by atoms with van der Waals surface area (Å²) < 4.78 is 0. The van der Waals surface area contributed by atoms with Gasteiger partial charge in [-0.3, -0.25) is 9.78 Å². The van der Waals surface area contributed by atoms with Crippen molar-refractivity contribution >= 4 is 11.9 Å². The summed E-state index contributed by atoms with van der Waals surface area (Å²) in [6.45, 7) is 1.82. The Morgan fingerprint density at radius 3 is 2.58 bits per heavy atom. The quantitative estimate of drug-likeness (QED) is 0.834. The molecule has 6 nitrogen and oxygen atoms in total. The van der Waals surface area contributed by atoms with E-state index in [9.17, 15) is 9.59 Å². The fourth-order valence-corrected chi connectivity index (χ4v) is 2.19. The van der Waals surface area contributed by atoms with Crippen LogP contribution < -0.4 is 5.32 Å². The second-order valence-corrected chi connectivity index (χ2v) is 4.63. The Labute approximate surface area is 111 Å². The molecule has 1 aliphatic heterocycles. The molecule has 0 saturated carbocycles. The third-order valence-electron chi connectivity index (χ3n) is 3.41. The van der Waals surface area contributed by atoms with Crippen LogP contribution in [-0.4, -0.2) is 53.0 Å². The predicted molar refractivity (Wildman–Crippen MR) is 69.2 cm³/mol. The number of amides is 1. The number of piperidine rings is 1. The zero-order valence-corrected chi connectivity index (χ0v) is 10.8. The number of nitrogens with zero attached hydrogens (tertiary/aromatic N) is 2. The van der Waals surface area contributed by atoms with Crippen LogP contribution in [0.1, 0.15) is 33.7 Å². The number of aromatic nitrogens is 1. The van der Waals surface area contributed by atoms with E-state index in [1.54, 1.807) is 11.9 Å². The summed E-state index contributed by atoms with van der Waals surface area (Å²) >= 11 is 0. The van der Waals surface area contributed by atoms with Gasteiger partial charge >= 0.3 is 5.97 Å². The molecule has 2 heterocycles.